The highest BCUT2D eigenvalue weighted by molar-refractivity contribution is 6.14. The van der Waals surface area contributed by atoms with E-state index in [0.717, 1.165) is 37.5 Å². The molecule has 3 N–H and O–H groups in total. The second-order valence-corrected chi connectivity index (χ2v) is 9.06. The largest absolute Gasteiger partial charge is 0.513 e. The maximum atomic E-state index is 14.0. The lowest BCUT2D eigenvalue weighted by Gasteiger charge is -2.34. The minimum absolute atomic E-state index is 0.0598. The molecule has 198 valence electrons. The van der Waals surface area contributed by atoms with E-state index in [1.165, 1.54) is 20.1 Å². The van der Waals surface area contributed by atoms with Crippen molar-refractivity contribution in [3.05, 3.63) is 60.1 Å². The summed E-state index contributed by atoms with van der Waals surface area (Å²) in [4.78, 5) is 30.7. The fourth-order valence-electron chi connectivity index (χ4n) is 4.42. The van der Waals surface area contributed by atoms with Crippen molar-refractivity contribution in [2.75, 3.05) is 25.6 Å². The minimum atomic E-state index is -1.05. The van der Waals surface area contributed by atoms with Gasteiger partial charge in [-0.05, 0) is 43.9 Å². The van der Waals surface area contributed by atoms with E-state index in [9.17, 15) is 14.7 Å². The van der Waals surface area contributed by atoms with Crippen LogP contribution in [0.5, 0.6) is 11.5 Å². The molecule has 2 aromatic rings. The standard InChI is InChI=1S/C28H36N4O5/c1-20(34)15-25(29)27(31-22-16-23(36-2)18-24(17-22)37-14-7-6-13-33)28(35)32-12-5-3-4-10-26(32)21-9-8-11-30-19-21/h8-9,11,13,15-19,26-27,29,31,34H,3-7,10,12,14H2,1-2H3/b20-15-,29-25?. The van der Waals surface area contributed by atoms with E-state index >= 15 is 0 Å². The average molecular weight is 509 g/mol. The molecular weight excluding hydrogens is 472 g/mol. The summed E-state index contributed by atoms with van der Waals surface area (Å²) in [5.41, 5.74) is 1.43. The Morgan fingerprint density at radius 2 is 2.11 bits per heavy atom. The van der Waals surface area contributed by atoms with Gasteiger partial charge in [-0.25, -0.2) is 0 Å². The summed E-state index contributed by atoms with van der Waals surface area (Å²) in [6.45, 7) is 2.39. The van der Waals surface area contributed by atoms with Crippen LogP contribution in [0.25, 0.3) is 0 Å². The number of carbonyl (C=O) groups is 2. The molecule has 2 atom stereocenters. The summed E-state index contributed by atoms with van der Waals surface area (Å²) >= 11 is 0. The van der Waals surface area contributed by atoms with Crippen molar-refractivity contribution in [3.8, 4) is 11.5 Å². The number of hydrogen-bond donors (Lipinski definition) is 3. The minimum Gasteiger partial charge on any atom is -0.513 e. The number of ether oxygens (including phenoxy) is 2. The highest BCUT2D eigenvalue weighted by Gasteiger charge is 2.33. The number of aromatic nitrogens is 1. The predicted octanol–water partition coefficient (Wildman–Crippen LogP) is 4.85. The van der Waals surface area contributed by atoms with Gasteiger partial charge in [0.05, 0.1) is 31.2 Å². The van der Waals surface area contributed by atoms with E-state index in [2.05, 4.69) is 10.3 Å². The van der Waals surface area contributed by atoms with Crippen molar-refractivity contribution in [1.82, 2.24) is 9.88 Å². The van der Waals surface area contributed by atoms with Crippen molar-refractivity contribution < 1.29 is 24.2 Å². The Hall–Kier alpha value is -3.88. The number of aliphatic hydroxyl groups is 1. The molecule has 1 amide bonds. The lowest BCUT2D eigenvalue weighted by Crippen LogP contribution is -2.48. The monoisotopic (exact) mass is 508 g/mol. The molecule has 9 heteroatoms. The number of aliphatic hydroxyl groups excluding tert-OH is 1. The number of benzene rings is 1. The number of pyridine rings is 1. The molecule has 1 saturated heterocycles. The molecule has 0 aliphatic carbocycles. The highest BCUT2D eigenvalue weighted by Crippen LogP contribution is 2.32. The van der Waals surface area contributed by atoms with E-state index in [0.29, 0.717) is 43.2 Å². The maximum absolute atomic E-state index is 14.0. The Kier molecular flexibility index (Phi) is 10.5. The fraction of sp³-hybridized carbons (Fsp3) is 0.429. The Morgan fingerprint density at radius 3 is 2.81 bits per heavy atom. The number of nitrogens with zero attached hydrogens (tertiary/aromatic N) is 2. The van der Waals surface area contributed by atoms with Gasteiger partial charge in [0.1, 0.15) is 23.8 Å². The zero-order valence-electron chi connectivity index (χ0n) is 21.5. The normalized spacial score (nSPS) is 16.9. The van der Waals surface area contributed by atoms with Crippen molar-refractivity contribution in [2.45, 2.75) is 57.5 Å². The number of amides is 1. The van der Waals surface area contributed by atoms with Crippen LogP contribution in [0.15, 0.2) is 54.6 Å². The van der Waals surface area contributed by atoms with Crippen molar-refractivity contribution >= 4 is 23.6 Å². The van der Waals surface area contributed by atoms with Crippen molar-refractivity contribution in [1.29, 1.82) is 5.41 Å². The number of allylic oxidation sites excluding steroid dienone is 1. The Labute approximate surface area is 218 Å². The van der Waals surface area contributed by atoms with Gasteiger partial charge in [-0.15, -0.1) is 0 Å². The molecule has 37 heavy (non-hydrogen) atoms. The van der Waals surface area contributed by atoms with Gasteiger partial charge in [0.15, 0.2) is 0 Å². The van der Waals surface area contributed by atoms with Gasteiger partial charge in [-0.1, -0.05) is 18.9 Å². The Bertz CT molecular complexity index is 1090. The Morgan fingerprint density at radius 1 is 1.30 bits per heavy atom. The maximum Gasteiger partial charge on any atom is 0.251 e. The summed E-state index contributed by atoms with van der Waals surface area (Å²) < 4.78 is 11.2. The Balaban J connectivity index is 1.92. The molecule has 3 rings (SSSR count). The summed E-state index contributed by atoms with van der Waals surface area (Å²) in [6, 6.07) is 7.82. The van der Waals surface area contributed by atoms with Gasteiger partial charge >= 0.3 is 0 Å². The molecule has 9 nitrogen and oxygen atoms in total. The number of likely N-dealkylation sites (tertiary alicyclic amines) is 1. The van der Waals surface area contributed by atoms with Crippen LogP contribution in [0, 0.1) is 5.41 Å². The topological polar surface area (TPSA) is 125 Å². The molecule has 1 aliphatic rings. The lowest BCUT2D eigenvalue weighted by molar-refractivity contribution is -0.133. The van der Waals surface area contributed by atoms with Crippen LogP contribution in [0.1, 0.15) is 57.1 Å². The van der Waals surface area contributed by atoms with E-state index in [1.807, 2.05) is 17.0 Å². The van der Waals surface area contributed by atoms with Crippen LogP contribution in [-0.2, 0) is 9.59 Å². The first-order valence-corrected chi connectivity index (χ1v) is 12.6. The van der Waals surface area contributed by atoms with Gasteiger partial charge < -0.3 is 35.0 Å². The molecule has 0 saturated carbocycles. The number of hydrogen-bond acceptors (Lipinski definition) is 8. The third kappa shape index (κ3) is 8.06. The van der Waals surface area contributed by atoms with Crippen molar-refractivity contribution in [2.24, 2.45) is 0 Å². The van der Waals surface area contributed by atoms with Crippen LogP contribution >= 0.6 is 0 Å². The SMILES string of the molecule is COc1cc(NC(C(=N)/C=C(/C)O)C(=O)N2CCCCCC2c2cccnc2)cc(OCCCC=O)c1. The third-order valence-corrected chi connectivity index (χ3v) is 6.19. The summed E-state index contributed by atoms with van der Waals surface area (Å²) in [5, 5.41) is 21.7. The van der Waals surface area contributed by atoms with E-state index in [4.69, 9.17) is 14.9 Å². The van der Waals surface area contributed by atoms with Gasteiger partial charge in [0.2, 0.25) is 0 Å². The van der Waals surface area contributed by atoms with Crippen LogP contribution < -0.4 is 14.8 Å². The van der Waals surface area contributed by atoms with Gasteiger partial charge in [-0.2, -0.15) is 0 Å². The average Bonchev–Trinajstić information content (AvgIpc) is 3.15. The molecule has 1 aliphatic heterocycles. The molecule has 0 bridgehead atoms. The highest BCUT2D eigenvalue weighted by atomic mass is 16.5. The molecule has 1 aromatic carbocycles. The van der Waals surface area contributed by atoms with E-state index in [-0.39, 0.29) is 23.4 Å². The summed E-state index contributed by atoms with van der Waals surface area (Å²) in [5.74, 6) is 0.719. The van der Waals surface area contributed by atoms with Crippen LogP contribution in [-0.4, -0.2) is 59.2 Å². The number of aldehydes is 1. The second kappa shape index (κ2) is 14.0. The van der Waals surface area contributed by atoms with Crippen molar-refractivity contribution in [3.63, 3.8) is 0 Å². The second-order valence-electron chi connectivity index (χ2n) is 9.06. The molecular formula is C28H36N4O5. The zero-order valence-corrected chi connectivity index (χ0v) is 21.5. The number of rotatable bonds is 12. The van der Waals surface area contributed by atoms with Crippen LogP contribution in [0.2, 0.25) is 0 Å². The van der Waals surface area contributed by atoms with E-state index in [1.54, 1.807) is 30.6 Å². The lowest BCUT2D eigenvalue weighted by atomic mass is 10.0. The molecule has 2 unspecified atom stereocenters. The quantitative estimate of drug-likeness (QED) is 0.162. The van der Waals surface area contributed by atoms with E-state index < -0.39 is 6.04 Å². The van der Waals surface area contributed by atoms with Gasteiger partial charge in [0.25, 0.3) is 5.91 Å². The first kappa shape index (κ1) is 27.7. The third-order valence-electron chi connectivity index (χ3n) is 6.19. The zero-order chi connectivity index (χ0) is 26.6. The number of nitrogens with one attached hydrogen (secondary N) is 2. The molecule has 0 spiro atoms. The summed E-state index contributed by atoms with van der Waals surface area (Å²) in [6.07, 6.45) is 10.3. The first-order chi connectivity index (χ1) is 17.9. The van der Waals surface area contributed by atoms with Gasteiger partial charge in [-0.3, -0.25) is 9.78 Å². The molecule has 2 heterocycles. The first-order valence-electron chi connectivity index (χ1n) is 12.6. The smallest absolute Gasteiger partial charge is 0.251 e. The fourth-order valence-corrected chi connectivity index (χ4v) is 4.42. The van der Waals surface area contributed by atoms with Gasteiger partial charge in [0, 0.05) is 49.2 Å². The number of carbonyl (C=O) groups excluding carboxylic acids is 2. The molecule has 0 radical (unpaired) electrons. The van der Waals surface area contributed by atoms with Crippen LogP contribution in [0.4, 0.5) is 5.69 Å². The molecule has 1 fully saturated rings. The number of methoxy groups -OCH3 is 1. The number of anilines is 1. The number of unbranched alkanes of at least 4 members (excludes halogenated alkanes) is 1. The molecule has 1 aromatic heterocycles. The summed E-state index contributed by atoms with van der Waals surface area (Å²) in [7, 11) is 1.54. The predicted molar refractivity (Wildman–Crippen MR) is 142 cm³/mol. The van der Waals surface area contributed by atoms with Crippen LogP contribution in [0.3, 0.4) is 0 Å².